The third-order valence-electron chi connectivity index (χ3n) is 5.08. The number of methoxy groups -OCH3 is 2. The Balaban J connectivity index is 1.91. The van der Waals surface area contributed by atoms with Gasteiger partial charge in [-0.15, -0.1) is 0 Å². The molecule has 0 amide bonds. The van der Waals surface area contributed by atoms with E-state index >= 15 is 0 Å². The lowest BCUT2D eigenvalue weighted by Gasteiger charge is -2.14. The molecule has 0 heterocycles. The lowest BCUT2D eigenvalue weighted by atomic mass is 9.95. The maximum atomic E-state index is 13.1. The first-order valence-corrected chi connectivity index (χ1v) is 10.1. The monoisotopic (exact) mass is 448 g/mol. The van der Waals surface area contributed by atoms with Crippen molar-refractivity contribution in [2.75, 3.05) is 20.8 Å². The second kappa shape index (κ2) is 10.4. The summed E-state index contributed by atoms with van der Waals surface area (Å²) < 4.78 is 15.5. The highest BCUT2D eigenvalue weighted by Gasteiger charge is 2.21. The van der Waals surface area contributed by atoms with Crippen molar-refractivity contribution in [1.29, 1.82) is 0 Å². The van der Waals surface area contributed by atoms with Crippen molar-refractivity contribution in [3.8, 4) is 34.1 Å². The Morgan fingerprint density at radius 1 is 0.909 bits per heavy atom. The first-order valence-electron chi connectivity index (χ1n) is 10.1. The van der Waals surface area contributed by atoms with Gasteiger partial charge in [0.05, 0.1) is 32.0 Å². The van der Waals surface area contributed by atoms with E-state index < -0.39 is 11.8 Å². The second-order valence-corrected chi connectivity index (χ2v) is 7.10. The van der Waals surface area contributed by atoms with Crippen LogP contribution >= 0.6 is 0 Å². The van der Waals surface area contributed by atoms with E-state index in [9.17, 15) is 19.8 Å². The summed E-state index contributed by atoms with van der Waals surface area (Å²) in [5.41, 5.74) is 2.36. The zero-order valence-corrected chi connectivity index (χ0v) is 18.3. The fraction of sp³-hybridized carbons (Fsp3) is 0.154. The van der Waals surface area contributed by atoms with Gasteiger partial charge < -0.3 is 24.4 Å². The molecule has 3 rings (SSSR count). The Hall–Kier alpha value is -4.26. The topological polar surface area (TPSA) is 102 Å². The summed E-state index contributed by atoms with van der Waals surface area (Å²) in [7, 11) is 2.92. The van der Waals surface area contributed by atoms with Crippen LogP contribution in [0.15, 0.2) is 67.3 Å². The number of ether oxygens (including phenoxy) is 3. The van der Waals surface area contributed by atoms with Crippen molar-refractivity contribution >= 4 is 11.8 Å². The van der Waals surface area contributed by atoms with Crippen LogP contribution in [0.5, 0.6) is 23.0 Å². The van der Waals surface area contributed by atoms with Crippen LogP contribution in [0.1, 0.15) is 21.5 Å². The molecule has 0 aliphatic carbocycles. The zero-order valence-electron chi connectivity index (χ0n) is 18.3. The summed E-state index contributed by atoms with van der Waals surface area (Å²) in [5.74, 6) is -0.745. The summed E-state index contributed by atoms with van der Waals surface area (Å²) in [6, 6.07) is 14.7. The predicted octanol–water partition coefficient (Wildman–Crippen LogP) is 4.28. The molecule has 0 saturated heterocycles. The Morgan fingerprint density at radius 2 is 1.61 bits per heavy atom. The fourth-order valence-corrected chi connectivity index (χ4v) is 3.30. The highest BCUT2D eigenvalue weighted by molar-refractivity contribution is 6.13. The van der Waals surface area contributed by atoms with E-state index in [0.717, 1.165) is 17.2 Å². The maximum absolute atomic E-state index is 13.1. The first kappa shape index (κ1) is 23.4. The standard InChI is InChI=1S/C26H24O7/c1-4-25(29)33-12-11-16-5-7-17(8-6-16)20-14-21(23(28)15-24(20)32-3)26(30)19-10-9-18(31-2)13-22(19)27/h4-10,13-15,27-28H,1,11-12H2,2-3H3. The minimum Gasteiger partial charge on any atom is -0.507 e. The van der Waals surface area contributed by atoms with Gasteiger partial charge in [-0.05, 0) is 29.3 Å². The maximum Gasteiger partial charge on any atom is 0.330 e. The molecule has 0 aliphatic rings. The van der Waals surface area contributed by atoms with Gasteiger partial charge in [-0.3, -0.25) is 4.79 Å². The molecule has 0 unspecified atom stereocenters. The van der Waals surface area contributed by atoms with Gasteiger partial charge in [0.2, 0.25) is 0 Å². The van der Waals surface area contributed by atoms with Gasteiger partial charge >= 0.3 is 5.97 Å². The average molecular weight is 448 g/mol. The number of esters is 1. The number of ketones is 1. The van der Waals surface area contributed by atoms with Gasteiger partial charge in [-0.25, -0.2) is 4.79 Å². The molecule has 0 fully saturated rings. The van der Waals surface area contributed by atoms with Crippen LogP contribution in [0, 0.1) is 0 Å². The number of rotatable bonds is 9. The molecule has 170 valence electrons. The molecule has 2 N–H and O–H groups in total. The molecule has 7 nitrogen and oxygen atoms in total. The Kier molecular flexibility index (Phi) is 7.35. The van der Waals surface area contributed by atoms with E-state index in [-0.39, 0.29) is 29.2 Å². The van der Waals surface area contributed by atoms with E-state index in [1.807, 2.05) is 24.3 Å². The molecule has 33 heavy (non-hydrogen) atoms. The molecule has 0 radical (unpaired) electrons. The molecule has 3 aromatic carbocycles. The largest absolute Gasteiger partial charge is 0.507 e. The molecular weight excluding hydrogens is 424 g/mol. The normalized spacial score (nSPS) is 10.4. The van der Waals surface area contributed by atoms with Gasteiger partial charge in [0.25, 0.3) is 0 Å². The van der Waals surface area contributed by atoms with E-state index in [4.69, 9.17) is 14.2 Å². The molecular formula is C26H24O7. The van der Waals surface area contributed by atoms with E-state index in [1.54, 1.807) is 6.07 Å². The molecule has 7 heteroatoms. The van der Waals surface area contributed by atoms with E-state index in [1.165, 1.54) is 38.5 Å². The number of aromatic hydroxyl groups is 2. The number of hydrogen-bond donors (Lipinski definition) is 2. The highest BCUT2D eigenvalue weighted by Crippen LogP contribution is 2.37. The smallest absolute Gasteiger partial charge is 0.330 e. The summed E-state index contributed by atoms with van der Waals surface area (Å²) in [4.78, 5) is 24.2. The van der Waals surface area contributed by atoms with Crippen LogP contribution in [-0.4, -0.2) is 42.8 Å². The number of benzene rings is 3. The van der Waals surface area contributed by atoms with E-state index in [2.05, 4.69) is 6.58 Å². The van der Waals surface area contributed by atoms with Crippen LogP contribution in [0.2, 0.25) is 0 Å². The molecule has 0 saturated carbocycles. The van der Waals surface area contributed by atoms with Crippen molar-refractivity contribution in [1.82, 2.24) is 0 Å². The molecule has 3 aromatic rings. The van der Waals surface area contributed by atoms with Crippen molar-refractivity contribution < 1.29 is 34.0 Å². The van der Waals surface area contributed by atoms with Crippen molar-refractivity contribution in [2.24, 2.45) is 0 Å². The Labute approximate surface area is 191 Å². The third kappa shape index (κ3) is 5.33. The number of phenolic OH excluding ortho intramolecular Hbond substituents is 2. The van der Waals surface area contributed by atoms with Crippen molar-refractivity contribution in [2.45, 2.75) is 6.42 Å². The number of phenols is 2. The van der Waals surface area contributed by atoms with Gasteiger partial charge in [0.1, 0.15) is 23.0 Å². The van der Waals surface area contributed by atoms with Crippen LogP contribution in [0.25, 0.3) is 11.1 Å². The quantitative estimate of drug-likeness (QED) is 0.286. The van der Waals surface area contributed by atoms with Crippen LogP contribution in [0.4, 0.5) is 0 Å². The summed E-state index contributed by atoms with van der Waals surface area (Å²) in [6.45, 7) is 3.59. The predicted molar refractivity (Wildman–Crippen MR) is 123 cm³/mol. The molecule has 0 aliphatic heterocycles. The SMILES string of the molecule is C=CC(=O)OCCc1ccc(-c2cc(C(=O)c3ccc(OC)cc3O)c(O)cc2OC)cc1. The Morgan fingerprint density at radius 3 is 2.21 bits per heavy atom. The average Bonchev–Trinajstić information content (AvgIpc) is 2.83. The molecule has 0 spiro atoms. The van der Waals surface area contributed by atoms with E-state index in [0.29, 0.717) is 23.5 Å². The molecule has 0 aromatic heterocycles. The van der Waals surface area contributed by atoms with Crippen molar-refractivity contribution in [3.63, 3.8) is 0 Å². The third-order valence-corrected chi connectivity index (χ3v) is 5.08. The lowest BCUT2D eigenvalue weighted by molar-refractivity contribution is -0.137. The van der Waals surface area contributed by atoms with Crippen molar-refractivity contribution in [3.05, 3.63) is 83.9 Å². The Bertz CT molecular complexity index is 1180. The van der Waals surface area contributed by atoms with Crippen LogP contribution < -0.4 is 9.47 Å². The van der Waals surface area contributed by atoms with Gasteiger partial charge in [-0.2, -0.15) is 0 Å². The molecule has 0 bridgehead atoms. The van der Waals surface area contributed by atoms with Crippen LogP contribution in [0.3, 0.4) is 0 Å². The number of carbonyl (C=O) groups is 2. The minimum atomic E-state index is -0.544. The van der Waals surface area contributed by atoms with Gasteiger partial charge in [0, 0.05) is 30.2 Å². The summed E-state index contributed by atoms with van der Waals surface area (Å²) >= 11 is 0. The van der Waals surface area contributed by atoms with Crippen LogP contribution in [-0.2, 0) is 16.0 Å². The summed E-state index contributed by atoms with van der Waals surface area (Å²) in [6.07, 6.45) is 1.65. The fourth-order valence-electron chi connectivity index (χ4n) is 3.30. The number of carbonyl (C=O) groups excluding carboxylic acids is 2. The molecule has 0 atom stereocenters. The highest BCUT2D eigenvalue weighted by atomic mass is 16.5. The zero-order chi connectivity index (χ0) is 24.0. The lowest BCUT2D eigenvalue weighted by Crippen LogP contribution is -2.04. The van der Waals surface area contributed by atoms with Gasteiger partial charge in [-0.1, -0.05) is 30.8 Å². The summed E-state index contributed by atoms with van der Waals surface area (Å²) in [5, 5.41) is 20.7. The second-order valence-electron chi connectivity index (χ2n) is 7.10. The first-order chi connectivity index (χ1) is 15.9. The number of hydrogen-bond acceptors (Lipinski definition) is 7. The minimum absolute atomic E-state index is 0.0201. The van der Waals surface area contributed by atoms with Gasteiger partial charge in [0.15, 0.2) is 5.78 Å².